The minimum Gasteiger partial charge on any atom is -0.409 e. The van der Waals surface area contributed by atoms with E-state index in [1.807, 2.05) is 0 Å². The highest BCUT2D eigenvalue weighted by molar-refractivity contribution is 5.95. The summed E-state index contributed by atoms with van der Waals surface area (Å²) >= 11 is 0. The third-order valence-electron chi connectivity index (χ3n) is 2.51. The smallest absolute Gasteiger partial charge is 0.255 e. The molecule has 0 radical (unpaired) electrons. The van der Waals surface area contributed by atoms with Crippen LogP contribution in [0.2, 0.25) is 0 Å². The van der Waals surface area contributed by atoms with Crippen LogP contribution in [-0.2, 0) is 0 Å². The van der Waals surface area contributed by atoms with Gasteiger partial charge in [0.05, 0.1) is 17.0 Å². The Balaban J connectivity index is 2.77. The lowest BCUT2D eigenvalue weighted by atomic mass is 10.1. The van der Waals surface area contributed by atoms with Gasteiger partial charge in [-0.05, 0) is 19.9 Å². The Morgan fingerprint density at radius 1 is 1.50 bits per heavy atom. The van der Waals surface area contributed by atoms with Gasteiger partial charge in [-0.2, -0.15) is 10.2 Å². The summed E-state index contributed by atoms with van der Waals surface area (Å²) in [5.74, 6) is -0.0633. The number of amides is 1. The number of carbonyl (C=O) groups is 1. The van der Waals surface area contributed by atoms with Crippen molar-refractivity contribution in [3.63, 3.8) is 0 Å². The van der Waals surface area contributed by atoms with Crippen LogP contribution in [0.5, 0.6) is 0 Å². The number of nitrogens with two attached hydrogens (primary N) is 1. The van der Waals surface area contributed by atoms with Crippen molar-refractivity contribution in [2.75, 3.05) is 13.6 Å². The quantitative estimate of drug-likeness (QED) is 0.346. The Labute approximate surface area is 105 Å². The minimum absolute atomic E-state index is 0.0930. The molecule has 1 aromatic heterocycles. The highest BCUT2D eigenvalue weighted by Crippen LogP contribution is 2.08. The fourth-order valence-corrected chi connectivity index (χ4v) is 1.41. The van der Waals surface area contributed by atoms with Gasteiger partial charge in [-0.1, -0.05) is 5.16 Å². The SMILES string of the molecule is Cc1cc(C(=O)N(C)CC/C(N)=N/O)c(C)nn1. The molecule has 3 N–H and O–H groups in total. The number of oxime groups is 1. The van der Waals surface area contributed by atoms with Crippen molar-refractivity contribution in [2.24, 2.45) is 10.9 Å². The summed E-state index contributed by atoms with van der Waals surface area (Å²) in [4.78, 5) is 13.6. The summed E-state index contributed by atoms with van der Waals surface area (Å²) in [6, 6.07) is 1.70. The van der Waals surface area contributed by atoms with Gasteiger partial charge < -0.3 is 15.8 Å². The zero-order valence-corrected chi connectivity index (χ0v) is 10.7. The Bertz CT molecular complexity index is 473. The molecule has 0 bridgehead atoms. The Kier molecular flexibility index (Phi) is 4.59. The van der Waals surface area contributed by atoms with Crippen LogP contribution >= 0.6 is 0 Å². The Hall–Kier alpha value is -2.18. The van der Waals surface area contributed by atoms with Crippen molar-refractivity contribution < 1.29 is 10.0 Å². The van der Waals surface area contributed by atoms with E-state index in [1.165, 1.54) is 4.90 Å². The summed E-state index contributed by atoms with van der Waals surface area (Å²) in [6.07, 6.45) is 0.315. The van der Waals surface area contributed by atoms with Crippen LogP contribution in [0.1, 0.15) is 28.2 Å². The lowest BCUT2D eigenvalue weighted by Gasteiger charge is -2.17. The zero-order chi connectivity index (χ0) is 13.7. The summed E-state index contributed by atoms with van der Waals surface area (Å²) in [5.41, 5.74) is 7.15. The van der Waals surface area contributed by atoms with Crippen LogP contribution < -0.4 is 5.73 Å². The summed E-state index contributed by atoms with van der Waals surface area (Å²) in [5, 5.41) is 19.1. The molecule has 98 valence electrons. The average Bonchev–Trinajstić information content (AvgIpc) is 2.37. The van der Waals surface area contributed by atoms with Gasteiger partial charge >= 0.3 is 0 Å². The number of hydrogen-bond donors (Lipinski definition) is 2. The molecule has 7 heteroatoms. The largest absolute Gasteiger partial charge is 0.409 e. The molecule has 1 amide bonds. The van der Waals surface area contributed by atoms with E-state index >= 15 is 0 Å². The monoisotopic (exact) mass is 251 g/mol. The third-order valence-corrected chi connectivity index (χ3v) is 2.51. The normalized spacial score (nSPS) is 11.4. The van der Waals surface area contributed by atoms with Crippen LogP contribution in [0.3, 0.4) is 0 Å². The molecule has 0 saturated heterocycles. The maximum Gasteiger partial charge on any atom is 0.255 e. The van der Waals surface area contributed by atoms with E-state index < -0.39 is 0 Å². The number of nitrogens with zero attached hydrogens (tertiary/aromatic N) is 4. The predicted octanol–water partition coefficient (Wildman–Crippen LogP) is 0.302. The number of rotatable bonds is 4. The number of aromatic nitrogens is 2. The maximum atomic E-state index is 12.1. The van der Waals surface area contributed by atoms with E-state index in [0.29, 0.717) is 29.9 Å². The maximum absolute atomic E-state index is 12.1. The Morgan fingerprint density at radius 3 is 2.78 bits per heavy atom. The first kappa shape index (κ1) is 13.9. The average molecular weight is 251 g/mol. The van der Waals surface area contributed by atoms with Crippen molar-refractivity contribution in [3.05, 3.63) is 23.0 Å². The van der Waals surface area contributed by atoms with Crippen LogP contribution in [-0.4, -0.2) is 45.6 Å². The predicted molar refractivity (Wildman–Crippen MR) is 66.5 cm³/mol. The van der Waals surface area contributed by atoms with Crippen molar-refractivity contribution >= 4 is 11.7 Å². The van der Waals surface area contributed by atoms with E-state index in [1.54, 1.807) is 27.0 Å². The lowest BCUT2D eigenvalue weighted by molar-refractivity contribution is 0.0797. The highest BCUT2D eigenvalue weighted by atomic mass is 16.4. The molecular weight excluding hydrogens is 234 g/mol. The second-order valence-corrected chi connectivity index (χ2v) is 4.05. The molecular formula is C11H17N5O2. The van der Waals surface area contributed by atoms with Gasteiger partial charge in [0.25, 0.3) is 5.91 Å². The topological polar surface area (TPSA) is 105 Å². The van der Waals surface area contributed by atoms with Gasteiger partial charge in [0.1, 0.15) is 5.84 Å². The summed E-state index contributed by atoms with van der Waals surface area (Å²) in [6.45, 7) is 3.88. The lowest BCUT2D eigenvalue weighted by Crippen LogP contribution is -2.31. The fourth-order valence-electron chi connectivity index (χ4n) is 1.41. The van der Waals surface area contributed by atoms with Gasteiger partial charge in [-0.25, -0.2) is 0 Å². The number of amidine groups is 1. The van der Waals surface area contributed by atoms with Gasteiger partial charge in [0.2, 0.25) is 0 Å². The summed E-state index contributed by atoms with van der Waals surface area (Å²) in [7, 11) is 1.65. The molecule has 0 unspecified atom stereocenters. The van der Waals surface area contributed by atoms with Crippen molar-refractivity contribution in [2.45, 2.75) is 20.3 Å². The number of hydrogen-bond acceptors (Lipinski definition) is 5. The summed E-state index contributed by atoms with van der Waals surface area (Å²) < 4.78 is 0. The molecule has 18 heavy (non-hydrogen) atoms. The molecule has 0 aliphatic rings. The molecule has 0 saturated carbocycles. The minimum atomic E-state index is -0.156. The Morgan fingerprint density at radius 2 is 2.17 bits per heavy atom. The van der Waals surface area contributed by atoms with E-state index in [-0.39, 0.29) is 11.7 Å². The molecule has 0 aliphatic carbocycles. The van der Waals surface area contributed by atoms with Crippen molar-refractivity contribution in [3.8, 4) is 0 Å². The molecule has 0 aromatic carbocycles. The standard InChI is InChI=1S/C11H17N5O2/c1-7-6-9(8(2)14-13-7)11(17)16(3)5-4-10(12)15-18/h6,18H,4-5H2,1-3H3,(H2,12,15). The molecule has 0 fully saturated rings. The van der Waals surface area contributed by atoms with Crippen LogP contribution in [0.15, 0.2) is 11.2 Å². The molecule has 1 rings (SSSR count). The number of carbonyl (C=O) groups excluding carboxylic acids is 1. The van der Waals surface area contributed by atoms with E-state index in [4.69, 9.17) is 10.9 Å². The second-order valence-electron chi connectivity index (χ2n) is 4.05. The van der Waals surface area contributed by atoms with E-state index in [0.717, 1.165) is 0 Å². The molecule has 1 aromatic rings. The molecule has 0 aliphatic heterocycles. The first-order chi connectivity index (χ1) is 8.45. The van der Waals surface area contributed by atoms with Gasteiger partial charge in [-0.15, -0.1) is 0 Å². The fraction of sp³-hybridized carbons (Fsp3) is 0.455. The van der Waals surface area contributed by atoms with Crippen LogP contribution in [0.4, 0.5) is 0 Å². The molecule has 7 nitrogen and oxygen atoms in total. The van der Waals surface area contributed by atoms with E-state index in [2.05, 4.69) is 15.4 Å². The second kappa shape index (κ2) is 5.95. The van der Waals surface area contributed by atoms with Gasteiger partial charge in [0.15, 0.2) is 0 Å². The molecule has 0 spiro atoms. The van der Waals surface area contributed by atoms with Crippen molar-refractivity contribution in [1.29, 1.82) is 0 Å². The first-order valence-electron chi connectivity index (χ1n) is 5.48. The van der Waals surface area contributed by atoms with Crippen molar-refractivity contribution in [1.82, 2.24) is 15.1 Å². The van der Waals surface area contributed by atoms with Crippen LogP contribution in [0.25, 0.3) is 0 Å². The zero-order valence-electron chi connectivity index (χ0n) is 10.7. The highest BCUT2D eigenvalue weighted by Gasteiger charge is 2.15. The first-order valence-corrected chi connectivity index (χ1v) is 5.48. The van der Waals surface area contributed by atoms with Gasteiger partial charge in [-0.3, -0.25) is 4.79 Å². The van der Waals surface area contributed by atoms with E-state index in [9.17, 15) is 4.79 Å². The third kappa shape index (κ3) is 3.41. The van der Waals surface area contributed by atoms with Crippen LogP contribution in [0, 0.1) is 13.8 Å². The number of aryl methyl sites for hydroxylation is 2. The molecule has 1 heterocycles. The molecule has 0 atom stereocenters. The van der Waals surface area contributed by atoms with Gasteiger partial charge in [0, 0.05) is 20.0 Å².